The summed E-state index contributed by atoms with van der Waals surface area (Å²) < 4.78 is 14.6. The molecule has 0 radical (unpaired) electrons. The van der Waals surface area contributed by atoms with Crippen LogP contribution in [0.25, 0.3) is 50.0 Å². The number of nitrogens with zero attached hydrogens (tertiary/aromatic N) is 2. The molecule has 2 aromatic carbocycles. The highest BCUT2D eigenvalue weighted by molar-refractivity contribution is 6.00. The number of aromatic amines is 2. The summed E-state index contributed by atoms with van der Waals surface area (Å²) >= 11 is 0. The summed E-state index contributed by atoms with van der Waals surface area (Å²) in [6, 6.07) is 18.6. The van der Waals surface area contributed by atoms with Crippen LogP contribution in [-0.4, -0.2) is 20.2 Å². The highest BCUT2D eigenvalue weighted by atomic mass is 19.1. The number of benzene rings is 2. The minimum absolute atomic E-state index is 0.253. The SMILES string of the molecule is C=C/C(=C\C(=C/C)c1ccc2[nH]nc(-c3cc4c(-c5ccccc5F)cccc4[nH]3)c2n1)NC(=C)C(C)C. The lowest BCUT2D eigenvalue weighted by molar-refractivity contribution is 0.631. The van der Waals surface area contributed by atoms with Gasteiger partial charge in [-0.1, -0.05) is 63.4 Å². The topological polar surface area (TPSA) is 69.4 Å². The lowest BCUT2D eigenvalue weighted by Gasteiger charge is -2.14. The number of fused-ring (bicyclic) bond motifs is 2. The summed E-state index contributed by atoms with van der Waals surface area (Å²) in [5, 5.41) is 11.9. The van der Waals surface area contributed by atoms with E-state index in [9.17, 15) is 4.39 Å². The molecule has 5 aromatic rings. The maximum atomic E-state index is 14.6. The number of pyridine rings is 1. The molecule has 0 fully saturated rings. The van der Waals surface area contributed by atoms with Gasteiger partial charge in [-0.3, -0.25) is 5.10 Å². The Morgan fingerprint density at radius 1 is 1.03 bits per heavy atom. The third kappa shape index (κ3) is 4.68. The first-order valence-electron chi connectivity index (χ1n) is 12.6. The monoisotopic (exact) mass is 503 g/mol. The lowest BCUT2D eigenvalue weighted by atomic mass is 10.0. The molecule has 5 nitrogen and oxygen atoms in total. The van der Waals surface area contributed by atoms with Crippen molar-refractivity contribution >= 4 is 27.5 Å². The molecule has 0 amide bonds. The van der Waals surface area contributed by atoms with Crippen LogP contribution in [0, 0.1) is 11.7 Å². The minimum atomic E-state index is -0.253. The molecule has 38 heavy (non-hydrogen) atoms. The van der Waals surface area contributed by atoms with Crippen molar-refractivity contribution in [2.45, 2.75) is 20.8 Å². The Bertz CT molecular complexity index is 1730. The van der Waals surface area contributed by atoms with Gasteiger partial charge in [0.2, 0.25) is 0 Å². The number of H-pyrrole nitrogens is 2. The highest BCUT2D eigenvalue weighted by Crippen LogP contribution is 2.35. The third-order valence-corrected chi connectivity index (χ3v) is 6.63. The fourth-order valence-corrected chi connectivity index (χ4v) is 4.39. The van der Waals surface area contributed by atoms with Crippen LogP contribution < -0.4 is 5.32 Å². The molecule has 0 atom stereocenters. The Kier molecular flexibility index (Phi) is 6.79. The van der Waals surface area contributed by atoms with Gasteiger partial charge in [0.25, 0.3) is 0 Å². The molecule has 3 aromatic heterocycles. The number of hydrogen-bond acceptors (Lipinski definition) is 3. The number of halogens is 1. The van der Waals surface area contributed by atoms with Crippen LogP contribution in [0.4, 0.5) is 4.39 Å². The average molecular weight is 504 g/mol. The predicted octanol–water partition coefficient (Wildman–Crippen LogP) is 8.14. The van der Waals surface area contributed by atoms with Crippen molar-refractivity contribution in [1.29, 1.82) is 0 Å². The maximum absolute atomic E-state index is 14.6. The molecule has 0 aliphatic carbocycles. The van der Waals surface area contributed by atoms with E-state index in [0.29, 0.717) is 17.2 Å². The van der Waals surface area contributed by atoms with Crippen molar-refractivity contribution < 1.29 is 4.39 Å². The lowest BCUT2D eigenvalue weighted by Crippen LogP contribution is -2.14. The summed E-state index contributed by atoms with van der Waals surface area (Å²) in [5.74, 6) is 0.0437. The van der Waals surface area contributed by atoms with E-state index in [1.54, 1.807) is 18.2 Å². The normalized spacial score (nSPS) is 12.4. The van der Waals surface area contributed by atoms with Gasteiger partial charge in [-0.2, -0.15) is 5.10 Å². The molecule has 0 aliphatic heterocycles. The molecule has 6 heteroatoms. The van der Waals surface area contributed by atoms with E-state index in [1.807, 2.05) is 61.5 Å². The predicted molar refractivity (Wildman–Crippen MR) is 156 cm³/mol. The van der Waals surface area contributed by atoms with Gasteiger partial charge in [-0.15, -0.1) is 0 Å². The molecule has 0 aliphatic rings. The second-order valence-corrected chi connectivity index (χ2v) is 9.45. The number of nitrogens with one attached hydrogen (secondary N) is 3. The molecule has 5 rings (SSSR count). The number of aromatic nitrogens is 4. The zero-order valence-electron chi connectivity index (χ0n) is 21.8. The minimum Gasteiger partial charge on any atom is -0.359 e. The second kappa shape index (κ2) is 10.3. The molecule has 190 valence electrons. The number of rotatable bonds is 8. The van der Waals surface area contributed by atoms with Crippen molar-refractivity contribution in [3.8, 4) is 22.5 Å². The largest absolute Gasteiger partial charge is 0.359 e. The number of allylic oxidation sites excluding steroid dienone is 5. The summed E-state index contributed by atoms with van der Waals surface area (Å²) in [4.78, 5) is 8.43. The molecule has 3 heterocycles. The van der Waals surface area contributed by atoms with E-state index in [2.05, 4.69) is 47.5 Å². The van der Waals surface area contributed by atoms with Gasteiger partial charge in [0.1, 0.15) is 17.0 Å². The van der Waals surface area contributed by atoms with E-state index in [0.717, 1.165) is 55.9 Å². The van der Waals surface area contributed by atoms with E-state index in [1.165, 1.54) is 6.07 Å². The Balaban J connectivity index is 1.57. The molecular weight excluding hydrogens is 473 g/mol. The molecule has 3 N–H and O–H groups in total. The molecule has 0 bridgehead atoms. The van der Waals surface area contributed by atoms with E-state index in [4.69, 9.17) is 4.98 Å². The fourth-order valence-electron chi connectivity index (χ4n) is 4.39. The van der Waals surface area contributed by atoms with Gasteiger partial charge in [0.05, 0.1) is 16.9 Å². The summed E-state index contributed by atoms with van der Waals surface area (Å²) in [7, 11) is 0. The standard InChI is InChI=1S/C32H30FN5/c1-6-21(17-22(7-2)34-20(5)19(3)4)27-15-16-29-31(36-27)32(38-37-29)30-18-25-23(12-10-14-28(25)35-30)24-11-8-9-13-26(24)33/h6-19,34-35H,2,5H2,1,3-4H3,(H,37,38)/b21-6+,22-17+. The van der Waals surface area contributed by atoms with Crippen molar-refractivity contribution in [3.05, 3.63) is 115 Å². The molecular formula is C32H30FN5. The van der Waals surface area contributed by atoms with Crippen molar-refractivity contribution in [1.82, 2.24) is 25.5 Å². The Morgan fingerprint density at radius 3 is 2.55 bits per heavy atom. The van der Waals surface area contributed by atoms with Crippen molar-refractivity contribution in [2.75, 3.05) is 0 Å². The van der Waals surface area contributed by atoms with Crippen LogP contribution in [0.2, 0.25) is 0 Å². The van der Waals surface area contributed by atoms with Crippen LogP contribution in [0.15, 0.2) is 103 Å². The smallest absolute Gasteiger partial charge is 0.135 e. The van der Waals surface area contributed by atoms with Gasteiger partial charge in [0, 0.05) is 27.9 Å². The second-order valence-electron chi connectivity index (χ2n) is 9.45. The average Bonchev–Trinajstić information content (AvgIpc) is 3.54. The van der Waals surface area contributed by atoms with E-state index in [-0.39, 0.29) is 5.82 Å². The molecule has 0 spiro atoms. The first-order chi connectivity index (χ1) is 18.4. The third-order valence-electron chi connectivity index (χ3n) is 6.63. The Labute approximate surface area is 221 Å². The molecule has 0 saturated heterocycles. The summed E-state index contributed by atoms with van der Waals surface area (Å²) in [5.41, 5.74) is 8.88. The van der Waals surface area contributed by atoms with Crippen LogP contribution in [0.3, 0.4) is 0 Å². The summed E-state index contributed by atoms with van der Waals surface area (Å²) in [6.45, 7) is 14.2. The van der Waals surface area contributed by atoms with Crippen LogP contribution in [-0.2, 0) is 0 Å². The van der Waals surface area contributed by atoms with E-state index < -0.39 is 0 Å². The first kappa shape index (κ1) is 25.0. The maximum Gasteiger partial charge on any atom is 0.135 e. The van der Waals surface area contributed by atoms with Crippen molar-refractivity contribution in [3.63, 3.8) is 0 Å². The molecule has 0 saturated carbocycles. The highest BCUT2D eigenvalue weighted by Gasteiger charge is 2.16. The summed E-state index contributed by atoms with van der Waals surface area (Å²) in [6.07, 6.45) is 5.80. The number of hydrogen-bond donors (Lipinski definition) is 3. The van der Waals surface area contributed by atoms with Gasteiger partial charge < -0.3 is 10.3 Å². The zero-order chi connectivity index (χ0) is 26.8. The Hall–Kier alpha value is -4.71. The van der Waals surface area contributed by atoms with Crippen LogP contribution >= 0.6 is 0 Å². The zero-order valence-corrected chi connectivity index (χ0v) is 21.8. The van der Waals surface area contributed by atoms with Gasteiger partial charge >= 0.3 is 0 Å². The van der Waals surface area contributed by atoms with Crippen LogP contribution in [0.1, 0.15) is 26.5 Å². The quantitative estimate of drug-likeness (QED) is 0.187. The Morgan fingerprint density at radius 2 is 1.82 bits per heavy atom. The van der Waals surface area contributed by atoms with Gasteiger partial charge in [-0.05, 0) is 66.5 Å². The first-order valence-corrected chi connectivity index (χ1v) is 12.6. The molecule has 0 unspecified atom stereocenters. The van der Waals surface area contributed by atoms with Crippen LogP contribution in [0.5, 0.6) is 0 Å². The van der Waals surface area contributed by atoms with Gasteiger partial charge in [-0.25, -0.2) is 9.37 Å². The van der Waals surface area contributed by atoms with Gasteiger partial charge in [0.15, 0.2) is 0 Å². The van der Waals surface area contributed by atoms with E-state index >= 15 is 0 Å². The van der Waals surface area contributed by atoms with Crippen molar-refractivity contribution in [2.24, 2.45) is 5.92 Å². The fraction of sp³-hybridized carbons (Fsp3) is 0.125.